The number of rotatable bonds is 18. The van der Waals surface area contributed by atoms with Crippen LogP contribution in [0.3, 0.4) is 0 Å². The molecule has 0 spiro atoms. The molecule has 2 aliphatic rings. The largest absolute Gasteiger partial charge is 0.451 e. The van der Waals surface area contributed by atoms with E-state index in [-0.39, 0.29) is 36.3 Å². The normalized spacial score (nSPS) is 16.8. The first-order valence-corrected chi connectivity index (χ1v) is 22.2. The number of methoxy groups -OCH3 is 1. The second-order valence-corrected chi connectivity index (χ2v) is 18.2. The molecule has 6 rings (SSSR count). The molecule has 14 nitrogen and oxygen atoms in total. The molecule has 0 radical (unpaired) electrons. The van der Waals surface area contributed by atoms with Gasteiger partial charge in [0.25, 0.3) is 5.91 Å². The Morgan fingerprint density at radius 3 is 1.73 bits per heavy atom. The SMILES string of the molecule is COC(OC(C)=O)C1=C(C(=O)OC(c2ccccc2)c2ccccc2)N2C(=O)[C@@H](NC(=O)CCCC(NC(=O)OCC(Cl)(Cl)Cl)C(=O)OC(c3ccccc3)c3ccccc3)[C@H]2SC1. The Balaban J connectivity index is 1.16. The highest BCUT2D eigenvalue weighted by atomic mass is 35.6. The summed E-state index contributed by atoms with van der Waals surface area (Å²) in [4.78, 5) is 81.7. The average molecular weight is 953 g/mol. The molecule has 0 saturated carbocycles. The van der Waals surface area contributed by atoms with Gasteiger partial charge in [0.15, 0.2) is 12.2 Å². The molecule has 1 fully saturated rings. The molecule has 336 valence electrons. The van der Waals surface area contributed by atoms with Crippen molar-refractivity contribution in [3.05, 3.63) is 155 Å². The summed E-state index contributed by atoms with van der Waals surface area (Å²) in [5.74, 6) is -3.45. The van der Waals surface area contributed by atoms with Crippen LogP contribution in [0.25, 0.3) is 0 Å². The van der Waals surface area contributed by atoms with Gasteiger partial charge in [0.2, 0.25) is 16.0 Å². The van der Waals surface area contributed by atoms with E-state index < -0.39 is 82.2 Å². The highest BCUT2D eigenvalue weighted by Crippen LogP contribution is 2.43. The Bertz CT molecular complexity index is 2230. The predicted octanol–water partition coefficient (Wildman–Crippen LogP) is 7.48. The molecule has 2 N–H and O–H groups in total. The number of benzene rings is 4. The lowest BCUT2D eigenvalue weighted by Crippen LogP contribution is -2.71. The van der Waals surface area contributed by atoms with Crippen molar-refractivity contribution in [3.8, 4) is 0 Å². The van der Waals surface area contributed by atoms with Gasteiger partial charge in [-0.1, -0.05) is 156 Å². The zero-order chi connectivity index (χ0) is 45.8. The van der Waals surface area contributed by atoms with E-state index in [0.717, 1.165) is 0 Å². The summed E-state index contributed by atoms with van der Waals surface area (Å²) in [6.45, 7) is 0.582. The lowest BCUT2D eigenvalue weighted by molar-refractivity contribution is -0.166. The number of esters is 3. The number of fused-ring (bicyclic) bond motifs is 1. The number of alkyl carbamates (subject to hydrolysis) is 1. The first-order chi connectivity index (χ1) is 30.7. The molecule has 1 saturated heterocycles. The Kier molecular flexibility index (Phi) is 16.7. The molecule has 4 atom stereocenters. The van der Waals surface area contributed by atoms with E-state index in [9.17, 15) is 28.8 Å². The van der Waals surface area contributed by atoms with Gasteiger partial charge < -0.3 is 34.3 Å². The number of hydrogen-bond donors (Lipinski definition) is 2. The topological polar surface area (TPSA) is 176 Å². The molecule has 2 heterocycles. The maximum Gasteiger partial charge on any atom is 0.407 e. The highest BCUT2D eigenvalue weighted by molar-refractivity contribution is 8.00. The minimum atomic E-state index is -1.92. The number of carbonyl (C=O) groups is 6. The van der Waals surface area contributed by atoms with Gasteiger partial charge in [0, 0.05) is 31.8 Å². The first kappa shape index (κ1) is 47.9. The van der Waals surface area contributed by atoms with E-state index in [1.807, 2.05) is 72.8 Å². The summed E-state index contributed by atoms with van der Waals surface area (Å²) in [6.07, 6.45) is -4.31. The van der Waals surface area contributed by atoms with Gasteiger partial charge in [0.05, 0.1) is 0 Å². The Morgan fingerprint density at radius 2 is 1.27 bits per heavy atom. The number of ether oxygens (including phenoxy) is 5. The van der Waals surface area contributed by atoms with Crippen LogP contribution in [-0.2, 0) is 47.7 Å². The zero-order valence-corrected chi connectivity index (χ0v) is 37.6. The van der Waals surface area contributed by atoms with Crippen molar-refractivity contribution < 1.29 is 52.5 Å². The zero-order valence-electron chi connectivity index (χ0n) is 34.5. The van der Waals surface area contributed by atoms with Crippen LogP contribution in [0.4, 0.5) is 4.79 Å². The number of halogens is 3. The van der Waals surface area contributed by atoms with Crippen molar-refractivity contribution in [2.45, 2.75) is 65.9 Å². The van der Waals surface area contributed by atoms with Gasteiger partial charge in [-0.25, -0.2) is 14.4 Å². The van der Waals surface area contributed by atoms with Crippen LogP contribution in [0, 0.1) is 0 Å². The molecule has 0 bridgehead atoms. The molecule has 2 aliphatic heterocycles. The van der Waals surface area contributed by atoms with Gasteiger partial charge in [-0.05, 0) is 35.1 Å². The monoisotopic (exact) mass is 951 g/mol. The van der Waals surface area contributed by atoms with Crippen LogP contribution in [0.2, 0.25) is 0 Å². The molecule has 18 heteroatoms. The van der Waals surface area contributed by atoms with Gasteiger partial charge in [-0.2, -0.15) is 0 Å². The number of carbonyl (C=O) groups excluding carboxylic acids is 6. The molecule has 64 heavy (non-hydrogen) atoms. The third-order valence-corrected chi connectivity index (χ3v) is 11.6. The highest BCUT2D eigenvalue weighted by Gasteiger charge is 2.55. The van der Waals surface area contributed by atoms with Crippen molar-refractivity contribution in [1.82, 2.24) is 15.5 Å². The number of nitrogens with zero attached hydrogens (tertiary/aromatic N) is 1. The molecule has 4 aromatic rings. The van der Waals surface area contributed by atoms with Crippen LogP contribution in [0.15, 0.2) is 133 Å². The van der Waals surface area contributed by atoms with Crippen molar-refractivity contribution in [2.24, 2.45) is 0 Å². The molecular weight excluding hydrogens is 909 g/mol. The second kappa shape index (κ2) is 22.4. The van der Waals surface area contributed by atoms with Gasteiger partial charge in [-0.3, -0.25) is 19.3 Å². The number of β-lactam (4-membered cyclic amide) rings is 1. The van der Waals surface area contributed by atoms with E-state index in [1.165, 1.54) is 30.7 Å². The summed E-state index contributed by atoms with van der Waals surface area (Å²) in [7, 11) is 1.30. The number of alkyl halides is 3. The van der Waals surface area contributed by atoms with Crippen molar-refractivity contribution in [2.75, 3.05) is 19.5 Å². The maximum absolute atomic E-state index is 14.3. The minimum absolute atomic E-state index is 0.0417. The van der Waals surface area contributed by atoms with E-state index in [2.05, 4.69) is 10.6 Å². The minimum Gasteiger partial charge on any atom is -0.451 e. The summed E-state index contributed by atoms with van der Waals surface area (Å²) >= 11 is 18.5. The Hall–Kier alpha value is -5.58. The Morgan fingerprint density at radius 1 is 0.766 bits per heavy atom. The number of nitrogens with one attached hydrogen (secondary N) is 2. The molecule has 2 unspecified atom stereocenters. The van der Waals surface area contributed by atoms with E-state index in [0.29, 0.717) is 22.3 Å². The summed E-state index contributed by atoms with van der Waals surface area (Å²) in [6, 6.07) is 33.8. The standard InChI is InChI=1S/C46H44Cl3N3O11S/c1-28(53)61-44(59-2)33-26-64-41-36(40(55)52(41)37(33)43(57)63-39(31-20-11-5-12-21-31)32-22-13-6-14-23-32)51-35(54)25-15-24-34(50-45(58)60-27-46(47,48)49)42(56)62-38(29-16-7-3-8-17-29)30-18-9-4-10-19-30/h3-14,16-23,34,36,38-39,41,44H,15,24-27H2,1-2H3,(H,50,58)(H,51,54)/t34?,36-,41-,44?/m1/s1. The van der Waals surface area contributed by atoms with Crippen LogP contribution in [0.1, 0.15) is 60.6 Å². The smallest absolute Gasteiger partial charge is 0.407 e. The van der Waals surface area contributed by atoms with Gasteiger partial charge >= 0.3 is 24.0 Å². The van der Waals surface area contributed by atoms with Gasteiger partial charge in [-0.15, -0.1) is 11.8 Å². The third kappa shape index (κ3) is 12.6. The fourth-order valence-corrected chi connectivity index (χ4v) is 8.57. The van der Waals surface area contributed by atoms with Crippen molar-refractivity contribution in [3.63, 3.8) is 0 Å². The third-order valence-electron chi connectivity index (χ3n) is 9.99. The molecule has 0 aromatic heterocycles. The number of amides is 3. The van der Waals surface area contributed by atoms with Crippen molar-refractivity contribution in [1.29, 1.82) is 0 Å². The molecule has 3 amide bonds. The fraction of sp³-hybridized carbons (Fsp3) is 0.304. The summed E-state index contributed by atoms with van der Waals surface area (Å²) in [5.41, 5.74) is 2.73. The summed E-state index contributed by atoms with van der Waals surface area (Å²) < 4.78 is 26.1. The van der Waals surface area contributed by atoms with E-state index >= 15 is 0 Å². The van der Waals surface area contributed by atoms with Gasteiger partial charge in [0.1, 0.15) is 29.8 Å². The van der Waals surface area contributed by atoms with Crippen LogP contribution in [-0.4, -0.2) is 87.7 Å². The predicted molar refractivity (Wildman–Crippen MR) is 239 cm³/mol. The first-order valence-electron chi connectivity index (χ1n) is 20.0. The lowest BCUT2D eigenvalue weighted by Gasteiger charge is -2.50. The van der Waals surface area contributed by atoms with Crippen molar-refractivity contribution >= 4 is 82.4 Å². The fourth-order valence-electron chi connectivity index (χ4n) is 7.05. The molecular formula is C46H44Cl3N3O11S. The second-order valence-electron chi connectivity index (χ2n) is 14.5. The van der Waals surface area contributed by atoms with E-state index in [1.54, 1.807) is 48.5 Å². The van der Waals surface area contributed by atoms with E-state index in [4.69, 9.17) is 58.5 Å². The Labute approximate surface area is 388 Å². The maximum atomic E-state index is 14.3. The quantitative estimate of drug-likeness (QED) is 0.0331. The molecule has 0 aliphatic carbocycles. The number of hydrogen-bond acceptors (Lipinski definition) is 12. The van der Waals surface area contributed by atoms with Crippen LogP contribution in [0.5, 0.6) is 0 Å². The van der Waals surface area contributed by atoms with Crippen LogP contribution < -0.4 is 10.6 Å². The average Bonchev–Trinajstić information content (AvgIpc) is 3.30. The molecule has 4 aromatic carbocycles. The number of thioether (sulfide) groups is 1. The summed E-state index contributed by atoms with van der Waals surface area (Å²) in [5, 5.41) is 4.47. The lowest BCUT2D eigenvalue weighted by atomic mass is 10.00. The van der Waals surface area contributed by atoms with Crippen LogP contribution >= 0.6 is 46.6 Å².